The lowest BCUT2D eigenvalue weighted by molar-refractivity contribution is -0.385. The third-order valence-electron chi connectivity index (χ3n) is 3.71. The average Bonchev–Trinajstić information content (AvgIpc) is 3.17. The Balaban J connectivity index is 1.89. The fourth-order valence-corrected chi connectivity index (χ4v) is 4.14. The summed E-state index contributed by atoms with van der Waals surface area (Å²) >= 11 is 1.61. The molecule has 12 heteroatoms. The molecule has 0 amide bonds. The van der Waals surface area contributed by atoms with Crippen LogP contribution in [0.1, 0.15) is 23.7 Å². The maximum atomic E-state index is 12.3. The Labute approximate surface area is 173 Å². The highest BCUT2D eigenvalue weighted by molar-refractivity contribution is 7.89. The second-order valence-electron chi connectivity index (χ2n) is 5.85. The molecule has 0 aliphatic rings. The fourth-order valence-electron chi connectivity index (χ4n) is 2.29. The van der Waals surface area contributed by atoms with E-state index in [9.17, 15) is 18.5 Å². The highest BCUT2D eigenvalue weighted by Gasteiger charge is 2.17. The molecule has 1 aromatic heterocycles. The largest absolute Gasteiger partial charge is 0.357 e. The van der Waals surface area contributed by atoms with Gasteiger partial charge in [-0.2, -0.15) is 0 Å². The van der Waals surface area contributed by atoms with E-state index in [4.69, 9.17) is 0 Å². The van der Waals surface area contributed by atoms with Crippen LogP contribution in [-0.2, 0) is 23.0 Å². The molecule has 0 saturated carbocycles. The summed E-state index contributed by atoms with van der Waals surface area (Å²) in [4.78, 5) is 20.0. The first-order valence-electron chi connectivity index (χ1n) is 9.05. The van der Waals surface area contributed by atoms with Crippen LogP contribution in [0.5, 0.6) is 0 Å². The number of hydrogen-bond acceptors (Lipinski definition) is 7. The summed E-state index contributed by atoms with van der Waals surface area (Å²) in [6, 6.07) is 4.92. The summed E-state index contributed by atoms with van der Waals surface area (Å²) in [5, 5.41) is 17.9. The van der Waals surface area contributed by atoms with Gasteiger partial charge in [-0.05, 0) is 19.4 Å². The van der Waals surface area contributed by atoms with Crippen molar-refractivity contribution < 1.29 is 13.3 Å². The normalized spacial score (nSPS) is 12.0. The van der Waals surface area contributed by atoms with E-state index in [2.05, 4.69) is 32.3 Å². The Morgan fingerprint density at radius 2 is 2.07 bits per heavy atom. The van der Waals surface area contributed by atoms with Crippen LogP contribution in [0.3, 0.4) is 0 Å². The molecule has 0 radical (unpaired) electrons. The van der Waals surface area contributed by atoms with Gasteiger partial charge in [0.1, 0.15) is 5.01 Å². The van der Waals surface area contributed by atoms with Crippen LogP contribution in [0, 0.1) is 10.1 Å². The van der Waals surface area contributed by atoms with E-state index in [0.29, 0.717) is 19.0 Å². The number of aryl methyl sites for hydroxylation is 1. The summed E-state index contributed by atoms with van der Waals surface area (Å²) in [6.07, 6.45) is 2.78. The summed E-state index contributed by atoms with van der Waals surface area (Å²) < 4.78 is 27.0. The molecule has 10 nitrogen and oxygen atoms in total. The van der Waals surface area contributed by atoms with Crippen LogP contribution in [-0.4, -0.2) is 43.9 Å². The molecule has 0 spiro atoms. The van der Waals surface area contributed by atoms with Crippen molar-refractivity contribution in [1.29, 1.82) is 0 Å². The van der Waals surface area contributed by atoms with E-state index in [1.807, 2.05) is 13.1 Å². The van der Waals surface area contributed by atoms with Gasteiger partial charge in [-0.25, -0.2) is 23.1 Å². The van der Waals surface area contributed by atoms with Gasteiger partial charge in [0.15, 0.2) is 5.96 Å². The third kappa shape index (κ3) is 7.07. The van der Waals surface area contributed by atoms with Gasteiger partial charge in [-0.15, -0.1) is 11.3 Å². The molecule has 0 fully saturated rings. The van der Waals surface area contributed by atoms with E-state index < -0.39 is 14.9 Å². The molecule has 158 valence electrons. The molecule has 0 aliphatic carbocycles. The van der Waals surface area contributed by atoms with Crippen molar-refractivity contribution in [2.75, 3.05) is 19.6 Å². The van der Waals surface area contributed by atoms with Gasteiger partial charge in [0.05, 0.1) is 16.4 Å². The number of nitro benzene ring substituents is 1. The molecule has 0 bridgehead atoms. The molecule has 0 unspecified atom stereocenters. The van der Waals surface area contributed by atoms with Crippen molar-refractivity contribution in [2.24, 2.45) is 4.99 Å². The zero-order valence-electron chi connectivity index (χ0n) is 16.2. The SMILES string of the molecule is CCNC(=NCc1ncc(CC)s1)NCCNS(=O)(=O)c1cccc([N+](=O)[O-])c1. The van der Waals surface area contributed by atoms with Crippen LogP contribution in [0.2, 0.25) is 0 Å². The molecular formula is C17H24N6O4S2. The van der Waals surface area contributed by atoms with Crippen LogP contribution < -0.4 is 15.4 Å². The molecule has 2 rings (SSSR count). The Morgan fingerprint density at radius 1 is 1.28 bits per heavy atom. The molecule has 1 heterocycles. The average molecular weight is 441 g/mol. The third-order valence-corrected chi connectivity index (χ3v) is 6.30. The summed E-state index contributed by atoms with van der Waals surface area (Å²) in [6.45, 7) is 5.47. The maximum absolute atomic E-state index is 12.3. The minimum absolute atomic E-state index is 0.0900. The number of nitrogens with one attached hydrogen (secondary N) is 3. The monoisotopic (exact) mass is 440 g/mol. The molecule has 29 heavy (non-hydrogen) atoms. The van der Waals surface area contributed by atoms with Crippen molar-refractivity contribution in [3.05, 3.63) is 50.5 Å². The van der Waals surface area contributed by atoms with Gasteiger partial charge in [-0.3, -0.25) is 10.1 Å². The highest BCUT2D eigenvalue weighted by atomic mass is 32.2. The number of nitrogens with zero attached hydrogens (tertiary/aromatic N) is 3. The van der Waals surface area contributed by atoms with E-state index >= 15 is 0 Å². The molecule has 3 N–H and O–H groups in total. The summed E-state index contributed by atoms with van der Waals surface area (Å²) in [5.41, 5.74) is -0.277. The second kappa shape index (κ2) is 10.8. The number of aliphatic imine (C=N–C) groups is 1. The fraction of sp³-hybridized carbons (Fsp3) is 0.412. The van der Waals surface area contributed by atoms with E-state index in [1.54, 1.807) is 11.3 Å². The van der Waals surface area contributed by atoms with Crippen molar-refractivity contribution in [2.45, 2.75) is 31.7 Å². The van der Waals surface area contributed by atoms with E-state index in [1.165, 1.54) is 23.1 Å². The number of aromatic nitrogens is 1. The first-order valence-corrected chi connectivity index (χ1v) is 11.4. The lowest BCUT2D eigenvalue weighted by Crippen LogP contribution is -2.41. The van der Waals surface area contributed by atoms with Crippen molar-refractivity contribution >= 4 is 33.0 Å². The number of benzene rings is 1. The van der Waals surface area contributed by atoms with Gasteiger partial charge in [0.25, 0.3) is 5.69 Å². The molecule has 2 aromatic rings. The number of rotatable bonds is 10. The molecule has 1 aromatic carbocycles. The van der Waals surface area contributed by atoms with Crippen LogP contribution >= 0.6 is 11.3 Å². The Hall–Kier alpha value is -2.57. The number of sulfonamides is 1. The number of thiazole rings is 1. The molecule has 0 aliphatic heterocycles. The van der Waals surface area contributed by atoms with Gasteiger partial charge in [-0.1, -0.05) is 13.0 Å². The summed E-state index contributed by atoms with van der Waals surface area (Å²) in [7, 11) is -3.85. The smallest absolute Gasteiger partial charge is 0.270 e. The predicted octanol–water partition coefficient (Wildman–Crippen LogP) is 1.65. The Kier molecular flexibility index (Phi) is 8.49. The summed E-state index contributed by atoms with van der Waals surface area (Å²) in [5.74, 6) is 0.551. The molecular weight excluding hydrogens is 416 g/mol. The van der Waals surface area contributed by atoms with Crippen LogP contribution in [0.4, 0.5) is 5.69 Å². The number of non-ortho nitro benzene ring substituents is 1. The van der Waals surface area contributed by atoms with Gasteiger partial charge < -0.3 is 10.6 Å². The maximum Gasteiger partial charge on any atom is 0.270 e. The lowest BCUT2D eigenvalue weighted by atomic mass is 10.3. The minimum Gasteiger partial charge on any atom is -0.357 e. The van der Waals surface area contributed by atoms with Gasteiger partial charge in [0, 0.05) is 42.8 Å². The number of guanidine groups is 1. The predicted molar refractivity (Wildman–Crippen MR) is 113 cm³/mol. The van der Waals surface area contributed by atoms with Crippen LogP contribution in [0.25, 0.3) is 0 Å². The molecule has 0 saturated heterocycles. The topological polar surface area (TPSA) is 139 Å². The first-order chi connectivity index (χ1) is 13.9. The zero-order valence-corrected chi connectivity index (χ0v) is 17.8. The van der Waals surface area contributed by atoms with Crippen molar-refractivity contribution in [3.8, 4) is 0 Å². The second-order valence-corrected chi connectivity index (χ2v) is 8.81. The quantitative estimate of drug-likeness (QED) is 0.168. The molecule has 0 atom stereocenters. The zero-order chi connectivity index (χ0) is 21.3. The van der Waals surface area contributed by atoms with Gasteiger partial charge >= 0.3 is 0 Å². The standard InChI is InChI=1S/C17H24N6O4S2/c1-3-14-11-20-16(28-14)12-21-17(18-4-2)19-8-9-22-29(26,27)15-7-5-6-13(10-15)23(24)25/h5-7,10-11,22H,3-4,8-9,12H2,1-2H3,(H2,18,19,21). The first kappa shape index (κ1) is 22.7. The van der Waals surface area contributed by atoms with Crippen molar-refractivity contribution in [1.82, 2.24) is 20.3 Å². The minimum atomic E-state index is -3.85. The van der Waals surface area contributed by atoms with Crippen molar-refractivity contribution in [3.63, 3.8) is 0 Å². The van der Waals surface area contributed by atoms with E-state index in [-0.39, 0.29) is 23.7 Å². The highest BCUT2D eigenvalue weighted by Crippen LogP contribution is 2.17. The van der Waals surface area contributed by atoms with Gasteiger partial charge in [0.2, 0.25) is 10.0 Å². The van der Waals surface area contributed by atoms with E-state index in [0.717, 1.165) is 17.5 Å². The Morgan fingerprint density at radius 3 is 2.72 bits per heavy atom. The Bertz CT molecular complexity index is 958. The number of nitro groups is 1. The van der Waals surface area contributed by atoms with Crippen LogP contribution in [0.15, 0.2) is 40.4 Å². The lowest BCUT2D eigenvalue weighted by Gasteiger charge is -2.12. The number of hydrogen-bond donors (Lipinski definition) is 3.